The summed E-state index contributed by atoms with van der Waals surface area (Å²) in [4.78, 5) is 13.3. The summed E-state index contributed by atoms with van der Waals surface area (Å²) in [5, 5.41) is 8.45. The van der Waals surface area contributed by atoms with Crippen molar-refractivity contribution in [3.05, 3.63) is 29.3 Å². The van der Waals surface area contributed by atoms with Gasteiger partial charge in [-0.15, -0.1) is 0 Å². The number of hydrogen-bond donors (Lipinski definition) is 0. The quantitative estimate of drug-likeness (QED) is 0.788. The zero-order chi connectivity index (χ0) is 14.3. The summed E-state index contributed by atoms with van der Waals surface area (Å²) in [7, 11) is 3.43. The number of hydrogen-bond acceptors (Lipinski definition) is 3. The van der Waals surface area contributed by atoms with Gasteiger partial charge in [-0.05, 0) is 30.5 Å². The average Bonchev–Trinajstić information content (AvgIpc) is 2.42. The Kier molecular flexibility index (Phi) is 5.87. The molecule has 0 aliphatic heterocycles. The van der Waals surface area contributed by atoms with Crippen molar-refractivity contribution < 1.29 is 9.53 Å². The summed E-state index contributed by atoms with van der Waals surface area (Å²) in [6.45, 7) is 2.67. The predicted molar refractivity (Wildman–Crippen MR) is 73.9 cm³/mol. The number of carbonyl (C=O) groups is 1. The van der Waals surface area contributed by atoms with Crippen LogP contribution in [0.3, 0.4) is 0 Å². The van der Waals surface area contributed by atoms with Gasteiger partial charge in [-0.2, -0.15) is 5.26 Å². The van der Waals surface area contributed by atoms with Crippen LogP contribution in [0.2, 0.25) is 0 Å². The van der Waals surface area contributed by atoms with Gasteiger partial charge in [0.2, 0.25) is 5.91 Å². The number of nitriles is 1. The lowest BCUT2D eigenvalue weighted by Gasteiger charge is -2.17. The van der Waals surface area contributed by atoms with E-state index in [0.29, 0.717) is 13.0 Å². The molecule has 0 fully saturated rings. The van der Waals surface area contributed by atoms with E-state index in [1.807, 2.05) is 25.1 Å². The predicted octanol–water partition coefficient (Wildman–Crippen LogP) is 2.31. The van der Waals surface area contributed by atoms with Crippen LogP contribution in [0.25, 0.3) is 0 Å². The van der Waals surface area contributed by atoms with Crippen LogP contribution >= 0.6 is 0 Å². The van der Waals surface area contributed by atoms with E-state index in [1.54, 1.807) is 19.1 Å². The van der Waals surface area contributed by atoms with E-state index in [-0.39, 0.29) is 12.3 Å². The highest BCUT2D eigenvalue weighted by molar-refractivity contribution is 5.76. The SMILES string of the molecule is COc1ccc(CCN(C)C(=O)CCC#N)cc1C. The van der Waals surface area contributed by atoms with Crippen LogP contribution in [-0.2, 0) is 11.2 Å². The Morgan fingerprint density at radius 3 is 2.79 bits per heavy atom. The van der Waals surface area contributed by atoms with Gasteiger partial charge in [0, 0.05) is 26.4 Å². The highest BCUT2D eigenvalue weighted by atomic mass is 16.5. The molecule has 1 aromatic carbocycles. The molecule has 102 valence electrons. The van der Waals surface area contributed by atoms with Crippen molar-refractivity contribution in [2.24, 2.45) is 0 Å². The van der Waals surface area contributed by atoms with Crippen molar-refractivity contribution in [2.75, 3.05) is 20.7 Å². The smallest absolute Gasteiger partial charge is 0.223 e. The molecule has 0 aliphatic carbocycles. The Balaban J connectivity index is 2.50. The lowest BCUT2D eigenvalue weighted by atomic mass is 10.1. The summed E-state index contributed by atoms with van der Waals surface area (Å²) >= 11 is 0. The van der Waals surface area contributed by atoms with Gasteiger partial charge in [0.1, 0.15) is 5.75 Å². The number of rotatable bonds is 6. The largest absolute Gasteiger partial charge is 0.496 e. The Hall–Kier alpha value is -2.02. The van der Waals surface area contributed by atoms with Gasteiger partial charge in [-0.25, -0.2) is 0 Å². The van der Waals surface area contributed by atoms with E-state index >= 15 is 0 Å². The molecule has 0 spiro atoms. The minimum absolute atomic E-state index is 0.0202. The molecule has 0 aliphatic rings. The standard InChI is InChI=1S/C15H20N2O2/c1-12-11-13(6-7-14(12)19-3)8-10-17(2)15(18)5-4-9-16/h6-7,11H,4-5,8,10H2,1-3H3. The van der Waals surface area contributed by atoms with Gasteiger partial charge in [-0.1, -0.05) is 12.1 Å². The van der Waals surface area contributed by atoms with E-state index in [9.17, 15) is 4.79 Å². The number of nitrogens with zero attached hydrogens (tertiary/aromatic N) is 2. The minimum atomic E-state index is 0.0202. The second kappa shape index (κ2) is 7.42. The fraction of sp³-hybridized carbons (Fsp3) is 0.467. The van der Waals surface area contributed by atoms with Crippen LogP contribution in [0, 0.1) is 18.3 Å². The van der Waals surface area contributed by atoms with Crippen molar-refractivity contribution >= 4 is 5.91 Å². The molecule has 0 radical (unpaired) electrons. The van der Waals surface area contributed by atoms with Gasteiger partial charge < -0.3 is 9.64 Å². The maximum absolute atomic E-state index is 11.6. The molecule has 0 heterocycles. The van der Waals surface area contributed by atoms with Crippen molar-refractivity contribution in [3.8, 4) is 11.8 Å². The van der Waals surface area contributed by atoms with Crippen LogP contribution < -0.4 is 4.74 Å². The molecule has 1 aromatic rings. The summed E-state index contributed by atoms with van der Waals surface area (Å²) in [5.41, 5.74) is 2.27. The first-order chi connectivity index (χ1) is 9.08. The summed E-state index contributed by atoms with van der Waals surface area (Å²) in [6, 6.07) is 8.02. The molecule has 1 rings (SSSR count). The fourth-order valence-electron chi connectivity index (χ4n) is 1.87. The number of methoxy groups -OCH3 is 1. The molecule has 0 saturated heterocycles. The first-order valence-corrected chi connectivity index (χ1v) is 6.33. The second-order valence-corrected chi connectivity index (χ2v) is 4.53. The highest BCUT2D eigenvalue weighted by Crippen LogP contribution is 2.18. The lowest BCUT2D eigenvalue weighted by molar-refractivity contribution is -0.129. The number of amides is 1. The zero-order valence-corrected chi connectivity index (χ0v) is 11.8. The summed E-state index contributed by atoms with van der Waals surface area (Å²) in [5.74, 6) is 0.897. The number of carbonyl (C=O) groups excluding carboxylic acids is 1. The molecular formula is C15H20N2O2. The Bertz CT molecular complexity index is 478. The van der Waals surface area contributed by atoms with Gasteiger partial charge in [0.25, 0.3) is 0 Å². The summed E-state index contributed by atoms with van der Waals surface area (Å²) < 4.78 is 5.21. The third-order valence-corrected chi connectivity index (χ3v) is 3.07. The Morgan fingerprint density at radius 1 is 1.47 bits per heavy atom. The molecule has 0 aromatic heterocycles. The first-order valence-electron chi connectivity index (χ1n) is 6.33. The van der Waals surface area contributed by atoms with E-state index in [2.05, 4.69) is 6.07 Å². The van der Waals surface area contributed by atoms with Crippen molar-refractivity contribution in [2.45, 2.75) is 26.2 Å². The van der Waals surface area contributed by atoms with Crippen LogP contribution in [0.1, 0.15) is 24.0 Å². The van der Waals surface area contributed by atoms with Gasteiger partial charge in [0.05, 0.1) is 13.2 Å². The van der Waals surface area contributed by atoms with Crippen molar-refractivity contribution in [3.63, 3.8) is 0 Å². The van der Waals surface area contributed by atoms with Crippen LogP contribution in [-0.4, -0.2) is 31.5 Å². The molecule has 0 unspecified atom stereocenters. The minimum Gasteiger partial charge on any atom is -0.496 e. The monoisotopic (exact) mass is 260 g/mol. The van der Waals surface area contributed by atoms with Crippen LogP contribution in [0.15, 0.2) is 18.2 Å². The van der Waals surface area contributed by atoms with Gasteiger partial charge >= 0.3 is 0 Å². The second-order valence-electron chi connectivity index (χ2n) is 4.53. The highest BCUT2D eigenvalue weighted by Gasteiger charge is 2.08. The van der Waals surface area contributed by atoms with Gasteiger partial charge in [-0.3, -0.25) is 4.79 Å². The van der Waals surface area contributed by atoms with E-state index < -0.39 is 0 Å². The van der Waals surface area contributed by atoms with Crippen LogP contribution in [0.4, 0.5) is 0 Å². The van der Waals surface area contributed by atoms with Crippen molar-refractivity contribution in [1.82, 2.24) is 4.90 Å². The molecule has 19 heavy (non-hydrogen) atoms. The normalized spacial score (nSPS) is 9.79. The molecular weight excluding hydrogens is 240 g/mol. The number of likely N-dealkylation sites (N-methyl/N-ethyl adjacent to an activating group) is 1. The third-order valence-electron chi connectivity index (χ3n) is 3.07. The third kappa shape index (κ3) is 4.63. The maximum Gasteiger partial charge on any atom is 0.223 e. The Morgan fingerprint density at radius 2 is 2.21 bits per heavy atom. The Labute approximate surface area is 114 Å². The molecule has 0 bridgehead atoms. The molecule has 0 atom stereocenters. The molecule has 0 saturated carbocycles. The number of ether oxygens (including phenoxy) is 1. The molecule has 0 N–H and O–H groups in total. The van der Waals surface area contributed by atoms with E-state index in [4.69, 9.17) is 10.00 Å². The maximum atomic E-state index is 11.6. The lowest BCUT2D eigenvalue weighted by Crippen LogP contribution is -2.28. The average molecular weight is 260 g/mol. The number of aryl methyl sites for hydroxylation is 1. The van der Waals surface area contributed by atoms with E-state index in [0.717, 1.165) is 17.7 Å². The number of benzene rings is 1. The van der Waals surface area contributed by atoms with E-state index in [1.165, 1.54) is 5.56 Å². The van der Waals surface area contributed by atoms with Gasteiger partial charge in [0.15, 0.2) is 0 Å². The van der Waals surface area contributed by atoms with Crippen LogP contribution in [0.5, 0.6) is 5.75 Å². The fourth-order valence-corrected chi connectivity index (χ4v) is 1.87. The summed E-state index contributed by atoms with van der Waals surface area (Å²) in [6.07, 6.45) is 1.39. The molecule has 4 nitrogen and oxygen atoms in total. The van der Waals surface area contributed by atoms with Crippen molar-refractivity contribution in [1.29, 1.82) is 5.26 Å². The first kappa shape index (κ1) is 15.0. The molecule has 1 amide bonds. The molecule has 4 heteroatoms. The zero-order valence-electron chi connectivity index (χ0n) is 11.8. The topological polar surface area (TPSA) is 53.3 Å².